The highest BCUT2D eigenvalue weighted by molar-refractivity contribution is 7.86. The lowest BCUT2D eigenvalue weighted by molar-refractivity contribution is -0.00410. The molecule has 9 heteroatoms. The molecule has 0 amide bonds. The topological polar surface area (TPSA) is 80.3 Å². The van der Waals surface area contributed by atoms with Crippen LogP contribution in [0.25, 0.3) is 0 Å². The van der Waals surface area contributed by atoms with Crippen molar-refractivity contribution in [3.8, 4) is 0 Å². The Hall–Kier alpha value is -1.33. The fourth-order valence-electron chi connectivity index (χ4n) is 2.36. The van der Waals surface area contributed by atoms with E-state index in [9.17, 15) is 8.42 Å². The third-order valence-electron chi connectivity index (χ3n) is 4.01. The summed E-state index contributed by atoms with van der Waals surface area (Å²) < 4.78 is 50.6. The maximum absolute atomic E-state index is 12.0. The molecular weight excluding hydrogens is 428 g/mol. The quantitative estimate of drug-likeness (QED) is 0.266. The number of thiophene rings is 1. The summed E-state index contributed by atoms with van der Waals surface area (Å²) in [6.07, 6.45) is 0.926. The van der Waals surface area contributed by atoms with Gasteiger partial charge in [-0.1, -0.05) is 17.7 Å². The number of ether oxygens (including phenoxy) is 4. The van der Waals surface area contributed by atoms with E-state index in [2.05, 4.69) is 16.8 Å². The Morgan fingerprint density at radius 1 is 0.733 bits per heavy atom. The Morgan fingerprint density at radius 2 is 1.27 bits per heavy atom. The molecule has 0 atom stereocenters. The second-order valence-corrected chi connectivity index (χ2v) is 8.82. The Balaban J connectivity index is 1.34. The Bertz CT molecular complexity index is 774. The van der Waals surface area contributed by atoms with Gasteiger partial charge in [0.25, 0.3) is 10.1 Å². The van der Waals surface area contributed by atoms with Crippen molar-refractivity contribution < 1.29 is 31.5 Å². The average Bonchev–Trinajstić information content (AvgIpc) is 3.24. The molecule has 0 bridgehead atoms. The molecule has 0 aliphatic carbocycles. The first kappa shape index (κ1) is 24.9. The second-order valence-electron chi connectivity index (χ2n) is 6.42. The first-order valence-corrected chi connectivity index (χ1v) is 12.2. The fraction of sp³-hybridized carbons (Fsp3) is 0.524. The fourth-order valence-corrected chi connectivity index (χ4v) is 3.96. The standard InChI is InChI=1S/C21H30O7S2/c1-19-2-4-21(5-3-19)30(22,23)28-16-15-27-14-13-26-12-11-25-10-9-24-8-6-20-7-17-29-18-20/h2-5,7,17-18H,6,8-16H2,1H3. The van der Waals surface area contributed by atoms with Crippen LogP contribution in [0.15, 0.2) is 46.0 Å². The number of benzene rings is 1. The van der Waals surface area contributed by atoms with Crippen molar-refractivity contribution in [3.05, 3.63) is 52.2 Å². The molecule has 0 fully saturated rings. The molecule has 0 aliphatic rings. The van der Waals surface area contributed by atoms with Crippen molar-refractivity contribution in [2.24, 2.45) is 0 Å². The van der Waals surface area contributed by atoms with Gasteiger partial charge in [0, 0.05) is 0 Å². The van der Waals surface area contributed by atoms with Gasteiger partial charge in [-0.2, -0.15) is 19.8 Å². The Kier molecular flexibility index (Phi) is 12.2. The third-order valence-corrected chi connectivity index (χ3v) is 6.07. The summed E-state index contributed by atoms with van der Waals surface area (Å²) in [4.78, 5) is 0.143. The van der Waals surface area contributed by atoms with Crippen LogP contribution in [0.2, 0.25) is 0 Å². The molecule has 0 N–H and O–H groups in total. The molecule has 2 aromatic rings. The van der Waals surface area contributed by atoms with Crippen molar-refractivity contribution in [2.75, 3.05) is 59.5 Å². The zero-order valence-corrected chi connectivity index (χ0v) is 18.9. The molecule has 1 heterocycles. The summed E-state index contributed by atoms with van der Waals surface area (Å²) in [5.41, 5.74) is 2.29. The number of rotatable bonds is 17. The average molecular weight is 459 g/mol. The van der Waals surface area contributed by atoms with E-state index >= 15 is 0 Å². The lowest BCUT2D eigenvalue weighted by atomic mass is 10.2. The van der Waals surface area contributed by atoms with Gasteiger partial charge in [-0.15, -0.1) is 0 Å². The van der Waals surface area contributed by atoms with Crippen LogP contribution in [0.3, 0.4) is 0 Å². The van der Waals surface area contributed by atoms with Crippen LogP contribution < -0.4 is 0 Å². The van der Waals surface area contributed by atoms with Gasteiger partial charge in [-0.3, -0.25) is 4.18 Å². The number of aryl methyl sites for hydroxylation is 1. The van der Waals surface area contributed by atoms with E-state index in [0.29, 0.717) is 46.2 Å². The summed E-state index contributed by atoms with van der Waals surface area (Å²) >= 11 is 1.69. The van der Waals surface area contributed by atoms with Gasteiger partial charge in [-0.05, 0) is 47.9 Å². The monoisotopic (exact) mass is 458 g/mol. The zero-order valence-electron chi connectivity index (χ0n) is 17.3. The molecule has 1 aromatic heterocycles. The predicted molar refractivity (Wildman–Crippen MR) is 116 cm³/mol. The molecule has 0 aliphatic heterocycles. The molecule has 0 unspecified atom stereocenters. The number of hydrogen-bond donors (Lipinski definition) is 0. The minimum Gasteiger partial charge on any atom is -0.379 e. The van der Waals surface area contributed by atoms with Gasteiger partial charge in [0.15, 0.2) is 0 Å². The molecule has 168 valence electrons. The normalized spacial score (nSPS) is 11.8. The molecular formula is C21H30O7S2. The van der Waals surface area contributed by atoms with Crippen molar-refractivity contribution in [1.29, 1.82) is 0 Å². The van der Waals surface area contributed by atoms with Gasteiger partial charge >= 0.3 is 0 Å². The van der Waals surface area contributed by atoms with E-state index in [-0.39, 0.29) is 18.1 Å². The van der Waals surface area contributed by atoms with Crippen molar-refractivity contribution in [3.63, 3.8) is 0 Å². The van der Waals surface area contributed by atoms with Gasteiger partial charge < -0.3 is 18.9 Å². The molecule has 2 rings (SSSR count). The van der Waals surface area contributed by atoms with E-state index in [1.165, 1.54) is 17.7 Å². The van der Waals surface area contributed by atoms with Crippen LogP contribution in [0.4, 0.5) is 0 Å². The minimum atomic E-state index is -3.74. The van der Waals surface area contributed by atoms with Crippen LogP contribution in [0.1, 0.15) is 11.1 Å². The van der Waals surface area contributed by atoms with Crippen LogP contribution >= 0.6 is 11.3 Å². The molecule has 7 nitrogen and oxygen atoms in total. The molecule has 0 radical (unpaired) electrons. The van der Waals surface area contributed by atoms with Crippen molar-refractivity contribution in [2.45, 2.75) is 18.2 Å². The largest absolute Gasteiger partial charge is 0.379 e. The summed E-state index contributed by atoms with van der Waals surface area (Å²) in [6, 6.07) is 8.61. The molecule has 0 saturated heterocycles. The first-order chi connectivity index (χ1) is 14.6. The molecule has 0 saturated carbocycles. The smallest absolute Gasteiger partial charge is 0.297 e. The number of hydrogen-bond acceptors (Lipinski definition) is 8. The van der Waals surface area contributed by atoms with Crippen LogP contribution in [-0.4, -0.2) is 67.9 Å². The first-order valence-electron chi connectivity index (χ1n) is 9.86. The van der Waals surface area contributed by atoms with E-state index in [0.717, 1.165) is 12.0 Å². The van der Waals surface area contributed by atoms with Crippen LogP contribution in [-0.2, 0) is 39.7 Å². The lowest BCUT2D eigenvalue weighted by Crippen LogP contribution is -2.15. The van der Waals surface area contributed by atoms with Gasteiger partial charge in [0.05, 0.1) is 64.4 Å². The Labute approximate surface area is 183 Å². The molecule has 1 aromatic carbocycles. The predicted octanol–water partition coefficient (Wildman–Crippen LogP) is 3.07. The highest BCUT2D eigenvalue weighted by Crippen LogP contribution is 2.12. The highest BCUT2D eigenvalue weighted by atomic mass is 32.2. The summed E-state index contributed by atoms with van der Waals surface area (Å²) in [7, 11) is -3.74. The summed E-state index contributed by atoms with van der Waals surface area (Å²) in [5, 5.41) is 4.19. The van der Waals surface area contributed by atoms with Crippen LogP contribution in [0.5, 0.6) is 0 Å². The Morgan fingerprint density at radius 3 is 1.80 bits per heavy atom. The SMILES string of the molecule is Cc1ccc(S(=O)(=O)OCCOCCOCCOCCOCCc2ccsc2)cc1. The zero-order chi connectivity index (χ0) is 21.5. The van der Waals surface area contributed by atoms with Crippen molar-refractivity contribution in [1.82, 2.24) is 0 Å². The maximum atomic E-state index is 12.0. The van der Waals surface area contributed by atoms with E-state index < -0.39 is 10.1 Å². The van der Waals surface area contributed by atoms with E-state index in [1.807, 2.05) is 6.92 Å². The van der Waals surface area contributed by atoms with Gasteiger partial charge in [0.2, 0.25) is 0 Å². The minimum absolute atomic E-state index is 0.0360. The van der Waals surface area contributed by atoms with Crippen molar-refractivity contribution >= 4 is 21.5 Å². The highest BCUT2D eigenvalue weighted by Gasteiger charge is 2.14. The van der Waals surface area contributed by atoms with Crippen LogP contribution in [0, 0.1) is 6.92 Å². The van der Waals surface area contributed by atoms with E-state index in [1.54, 1.807) is 23.5 Å². The van der Waals surface area contributed by atoms with E-state index in [4.69, 9.17) is 23.1 Å². The maximum Gasteiger partial charge on any atom is 0.297 e. The van der Waals surface area contributed by atoms with Gasteiger partial charge in [-0.25, -0.2) is 0 Å². The molecule has 0 spiro atoms. The second kappa shape index (κ2) is 14.6. The lowest BCUT2D eigenvalue weighted by Gasteiger charge is -2.08. The summed E-state index contributed by atoms with van der Waals surface area (Å²) in [6.45, 7) is 5.56. The summed E-state index contributed by atoms with van der Waals surface area (Å²) in [5.74, 6) is 0. The third kappa shape index (κ3) is 10.6. The van der Waals surface area contributed by atoms with Gasteiger partial charge in [0.1, 0.15) is 0 Å². The molecule has 30 heavy (non-hydrogen) atoms.